The van der Waals surface area contributed by atoms with Crippen molar-refractivity contribution in [2.45, 2.75) is 18.4 Å². The molecule has 2 N–H and O–H groups in total. The Morgan fingerprint density at radius 3 is 2.12 bits per heavy atom. The Morgan fingerprint density at radius 1 is 1.12 bits per heavy atom. The van der Waals surface area contributed by atoms with Crippen molar-refractivity contribution in [1.82, 2.24) is 4.98 Å². The zero-order chi connectivity index (χ0) is 12.6. The first kappa shape index (κ1) is 12.8. The summed E-state index contributed by atoms with van der Waals surface area (Å²) in [4.78, 5) is 3.17. The number of alkyl halides is 6. The third-order valence-electron chi connectivity index (χ3n) is 1.78. The van der Waals surface area contributed by atoms with E-state index >= 15 is 0 Å². The molecular weight excluding hydrogens is 238 g/mol. The number of hydrogen-bond acceptors (Lipinski definition) is 2. The molecule has 0 radical (unpaired) electrons. The van der Waals surface area contributed by atoms with E-state index in [0.717, 1.165) is 0 Å². The molecule has 0 aliphatic carbocycles. The van der Waals surface area contributed by atoms with E-state index in [1.807, 2.05) is 0 Å². The van der Waals surface area contributed by atoms with E-state index < -0.39 is 29.7 Å². The molecule has 0 aliphatic heterocycles. The van der Waals surface area contributed by atoms with Crippen molar-refractivity contribution in [2.24, 2.45) is 5.73 Å². The van der Waals surface area contributed by atoms with Crippen LogP contribution >= 0.6 is 0 Å². The molecule has 0 saturated carbocycles. The summed E-state index contributed by atoms with van der Waals surface area (Å²) in [6.07, 6.45) is -8.90. The molecule has 1 unspecified atom stereocenters. The van der Waals surface area contributed by atoms with Crippen molar-refractivity contribution in [1.29, 1.82) is 0 Å². The molecule has 1 rings (SSSR count). The Kier molecular flexibility index (Phi) is 3.13. The standard InChI is InChI=1S/C8H6F6N2/c9-7(10,11)4-1-2-16-5(3-4)6(15)8(12,13)14/h1-3,6H,15H2. The SMILES string of the molecule is NC(c1cc(C(F)(F)F)ccn1)C(F)(F)F. The minimum Gasteiger partial charge on any atom is -0.315 e. The van der Waals surface area contributed by atoms with Crippen molar-refractivity contribution in [2.75, 3.05) is 0 Å². The lowest BCUT2D eigenvalue weighted by molar-refractivity contribution is -0.151. The second-order valence-corrected chi connectivity index (χ2v) is 2.99. The Bertz CT molecular complexity index is 370. The summed E-state index contributed by atoms with van der Waals surface area (Å²) < 4.78 is 72.9. The molecule has 90 valence electrons. The van der Waals surface area contributed by atoms with Crippen LogP contribution in [-0.4, -0.2) is 11.2 Å². The molecule has 0 fully saturated rings. The molecule has 1 atom stereocenters. The quantitative estimate of drug-likeness (QED) is 0.771. The topological polar surface area (TPSA) is 38.9 Å². The molecule has 1 aromatic heterocycles. The minimum absolute atomic E-state index is 0.290. The zero-order valence-electron chi connectivity index (χ0n) is 7.60. The predicted octanol–water partition coefficient (Wildman–Crippen LogP) is 2.66. The van der Waals surface area contributed by atoms with Crippen LogP contribution in [0.5, 0.6) is 0 Å². The second-order valence-electron chi connectivity index (χ2n) is 2.99. The summed E-state index contributed by atoms with van der Waals surface area (Å²) in [6, 6.07) is -1.65. The molecular formula is C8H6F6N2. The van der Waals surface area contributed by atoms with Crippen molar-refractivity contribution in [3.05, 3.63) is 29.6 Å². The largest absolute Gasteiger partial charge is 0.416 e. The van der Waals surface area contributed by atoms with Gasteiger partial charge in [0, 0.05) is 6.20 Å². The number of nitrogens with two attached hydrogens (primary N) is 1. The fraction of sp³-hybridized carbons (Fsp3) is 0.375. The fourth-order valence-electron chi connectivity index (χ4n) is 0.962. The van der Waals surface area contributed by atoms with E-state index in [1.165, 1.54) is 0 Å². The Hall–Kier alpha value is -1.31. The van der Waals surface area contributed by atoms with Gasteiger partial charge in [-0.05, 0) is 12.1 Å². The predicted molar refractivity (Wildman–Crippen MR) is 42.2 cm³/mol. The lowest BCUT2D eigenvalue weighted by Crippen LogP contribution is -2.29. The maximum Gasteiger partial charge on any atom is 0.416 e. The van der Waals surface area contributed by atoms with Gasteiger partial charge in [-0.15, -0.1) is 0 Å². The van der Waals surface area contributed by atoms with Crippen molar-refractivity contribution in [3.63, 3.8) is 0 Å². The number of nitrogens with zero attached hydrogens (tertiary/aromatic N) is 1. The molecule has 0 bridgehead atoms. The molecule has 0 amide bonds. The van der Waals surface area contributed by atoms with E-state index in [4.69, 9.17) is 5.73 Å². The van der Waals surface area contributed by atoms with E-state index in [2.05, 4.69) is 4.98 Å². The Morgan fingerprint density at radius 2 is 1.69 bits per heavy atom. The Labute approximate surface area is 86.1 Å². The van der Waals surface area contributed by atoms with E-state index in [9.17, 15) is 26.3 Å². The molecule has 0 saturated heterocycles. The number of aromatic nitrogens is 1. The van der Waals surface area contributed by atoms with Crippen LogP contribution in [0.3, 0.4) is 0 Å². The fourth-order valence-corrected chi connectivity index (χ4v) is 0.962. The normalized spacial score (nSPS) is 14.9. The highest BCUT2D eigenvalue weighted by atomic mass is 19.4. The number of rotatable bonds is 1. The molecule has 0 aromatic carbocycles. The number of pyridine rings is 1. The second kappa shape index (κ2) is 3.93. The first-order chi connectivity index (χ1) is 7.12. The highest BCUT2D eigenvalue weighted by Gasteiger charge is 2.40. The van der Waals surface area contributed by atoms with Gasteiger partial charge in [0.25, 0.3) is 0 Å². The molecule has 8 heteroatoms. The maximum absolute atomic E-state index is 12.2. The smallest absolute Gasteiger partial charge is 0.315 e. The van der Waals surface area contributed by atoms with Gasteiger partial charge in [0.05, 0.1) is 11.3 Å². The van der Waals surface area contributed by atoms with Crippen LogP contribution in [0.4, 0.5) is 26.3 Å². The van der Waals surface area contributed by atoms with Crippen molar-refractivity contribution in [3.8, 4) is 0 Å². The zero-order valence-corrected chi connectivity index (χ0v) is 7.60. The van der Waals surface area contributed by atoms with Crippen molar-refractivity contribution < 1.29 is 26.3 Å². The summed E-state index contributed by atoms with van der Waals surface area (Å²) in [7, 11) is 0. The van der Waals surface area contributed by atoms with Gasteiger partial charge in [0.2, 0.25) is 0 Å². The molecule has 0 aliphatic rings. The first-order valence-corrected chi connectivity index (χ1v) is 3.98. The number of halogens is 6. The van der Waals surface area contributed by atoms with Gasteiger partial charge in [0.1, 0.15) is 6.04 Å². The van der Waals surface area contributed by atoms with Crippen LogP contribution in [0.2, 0.25) is 0 Å². The molecule has 0 spiro atoms. The summed E-state index contributed by atoms with van der Waals surface area (Å²) in [5.41, 5.74) is 2.66. The van der Waals surface area contributed by atoms with Gasteiger partial charge < -0.3 is 5.73 Å². The van der Waals surface area contributed by atoms with Gasteiger partial charge in [0.15, 0.2) is 0 Å². The lowest BCUT2D eigenvalue weighted by atomic mass is 10.1. The highest BCUT2D eigenvalue weighted by Crippen LogP contribution is 2.33. The van der Waals surface area contributed by atoms with Crippen molar-refractivity contribution >= 4 is 0 Å². The van der Waals surface area contributed by atoms with Gasteiger partial charge >= 0.3 is 12.4 Å². The van der Waals surface area contributed by atoms with Crippen LogP contribution in [0.1, 0.15) is 17.3 Å². The van der Waals surface area contributed by atoms with Gasteiger partial charge in [-0.3, -0.25) is 4.98 Å². The minimum atomic E-state index is -4.82. The van der Waals surface area contributed by atoms with Crippen LogP contribution in [0.25, 0.3) is 0 Å². The summed E-state index contributed by atoms with van der Waals surface area (Å²) in [6.45, 7) is 0. The third kappa shape index (κ3) is 2.84. The van der Waals surface area contributed by atoms with Gasteiger partial charge in [-0.25, -0.2) is 0 Å². The summed E-state index contributed by atoms with van der Waals surface area (Å²) >= 11 is 0. The highest BCUT2D eigenvalue weighted by molar-refractivity contribution is 5.22. The van der Waals surface area contributed by atoms with Crippen LogP contribution in [-0.2, 0) is 6.18 Å². The van der Waals surface area contributed by atoms with E-state index in [1.54, 1.807) is 0 Å². The van der Waals surface area contributed by atoms with Gasteiger partial charge in [-0.2, -0.15) is 26.3 Å². The van der Waals surface area contributed by atoms with Gasteiger partial charge in [-0.1, -0.05) is 0 Å². The van der Waals surface area contributed by atoms with E-state index in [-0.39, 0.29) is 6.07 Å². The molecule has 16 heavy (non-hydrogen) atoms. The van der Waals surface area contributed by atoms with E-state index in [0.29, 0.717) is 12.3 Å². The summed E-state index contributed by atoms with van der Waals surface area (Å²) in [5, 5.41) is 0. The lowest BCUT2D eigenvalue weighted by Gasteiger charge is -2.16. The summed E-state index contributed by atoms with van der Waals surface area (Å²) in [5.74, 6) is 0. The molecule has 2 nitrogen and oxygen atoms in total. The third-order valence-corrected chi connectivity index (χ3v) is 1.78. The average Bonchev–Trinajstić information content (AvgIpc) is 2.14. The maximum atomic E-state index is 12.2. The average molecular weight is 244 g/mol. The number of hydrogen-bond donors (Lipinski definition) is 1. The monoisotopic (exact) mass is 244 g/mol. The van der Waals surface area contributed by atoms with Crippen LogP contribution < -0.4 is 5.73 Å². The molecule has 1 heterocycles. The first-order valence-electron chi connectivity index (χ1n) is 3.98. The Balaban J connectivity index is 3.09. The van der Waals surface area contributed by atoms with Crippen LogP contribution in [0, 0.1) is 0 Å². The van der Waals surface area contributed by atoms with Crippen LogP contribution in [0.15, 0.2) is 18.3 Å². The molecule has 1 aromatic rings.